The standard InChI is InChI=1S/C22H17ClFN5/c1-22(10-11-22)9-8-14-4-3-5-16(12-14)28(2)19-17-13-15(24)6-7-18(17)29-20(23)26-27-21(29)25-19/h3-7,12-13H,10-11H2,1-2H3. The maximum absolute atomic E-state index is 14.1. The van der Waals surface area contributed by atoms with Gasteiger partial charge in [-0.15, -0.1) is 10.2 Å². The van der Waals surface area contributed by atoms with Crippen molar-refractivity contribution >= 4 is 39.8 Å². The van der Waals surface area contributed by atoms with E-state index in [0.29, 0.717) is 22.5 Å². The van der Waals surface area contributed by atoms with Gasteiger partial charge in [0.2, 0.25) is 5.28 Å². The molecule has 1 aliphatic carbocycles. The van der Waals surface area contributed by atoms with Crippen molar-refractivity contribution in [2.75, 3.05) is 11.9 Å². The molecule has 2 heterocycles. The van der Waals surface area contributed by atoms with Gasteiger partial charge in [0.05, 0.1) is 5.52 Å². The Kier molecular flexibility index (Phi) is 3.97. The van der Waals surface area contributed by atoms with Crippen molar-refractivity contribution in [3.8, 4) is 11.8 Å². The SMILES string of the molecule is CN(c1cccc(C#CC2(C)CC2)c1)c1nc2nnc(Cl)n2c2ccc(F)cc12. The first-order chi connectivity index (χ1) is 13.9. The molecule has 5 rings (SSSR count). The van der Waals surface area contributed by atoms with E-state index in [9.17, 15) is 4.39 Å². The van der Waals surface area contributed by atoms with Crippen molar-refractivity contribution in [1.82, 2.24) is 19.6 Å². The van der Waals surface area contributed by atoms with Crippen molar-refractivity contribution < 1.29 is 4.39 Å². The summed E-state index contributed by atoms with van der Waals surface area (Å²) in [6.07, 6.45) is 2.31. The van der Waals surface area contributed by atoms with Crippen LogP contribution in [0.5, 0.6) is 0 Å². The van der Waals surface area contributed by atoms with Crippen molar-refractivity contribution in [3.05, 3.63) is 59.1 Å². The second-order valence-corrected chi connectivity index (χ2v) is 7.96. The molecule has 5 nitrogen and oxygen atoms in total. The number of halogens is 2. The Morgan fingerprint density at radius 1 is 1.17 bits per heavy atom. The van der Waals surface area contributed by atoms with Crippen LogP contribution >= 0.6 is 11.6 Å². The summed E-state index contributed by atoms with van der Waals surface area (Å²) in [4.78, 5) is 6.49. The number of benzene rings is 2. The van der Waals surface area contributed by atoms with Crippen molar-refractivity contribution in [3.63, 3.8) is 0 Å². The van der Waals surface area contributed by atoms with E-state index in [1.54, 1.807) is 10.5 Å². The fourth-order valence-corrected chi connectivity index (χ4v) is 3.48. The maximum atomic E-state index is 14.1. The number of hydrogen-bond donors (Lipinski definition) is 0. The smallest absolute Gasteiger partial charge is 0.258 e. The Bertz CT molecular complexity index is 1330. The van der Waals surface area contributed by atoms with Crippen LogP contribution in [0.2, 0.25) is 5.28 Å². The first kappa shape index (κ1) is 17.9. The van der Waals surface area contributed by atoms with Crippen LogP contribution in [0.25, 0.3) is 16.7 Å². The van der Waals surface area contributed by atoms with Gasteiger partial charge in [0.15, 0.2) is 0 Å². The van der Waals surface area contributed by atoms with E-state index in [-0.39, 0.29) is 16.5 Å². The van der Waals surface area contributed by atoms with Crippen LogP contribution in [0, 0.1) is 23.1 Å². The minimum absolute atomic E-state index is 0.162. The Labute approximate surface area is 172 Å². The fourth-order valence-electron chi connectivity index (χ4n) is 3.28. The molecular formula is C22H17ClFN5. The number of aromatic nitrogens is 4. The summed E-state index contributed by atoms with van der Waals surface area (Å²) in [5.74, 6) is 7.19. The lowest BCUT2D eigenvalue weighted by molar-refractivity contribution is 0.629. The van der Waals surface area contributed by atoms with E-state index in [4.69, 9.17) is 11.6 Å². The van der Waals surface area contributed by atoms with Crippen molar-refractivity contribution in [2.45, 2.75) is 19.8 Å². The first-order valence-electron chi connectivity index (χ1n) is 9.30. The Balaban J connectivity index is 1.64. The predicted molar refractivity (Wildman–Crippen MR) is 112 cm³/mol. The molecule has 1 fully saturated rings. The molecule has 2 aromatic heterocycles. The summed E-state index contributed by atoms with van der Waals surface area (Å²) >= 11 is 6.16. The summed E-state index contributed by atoms with van der Waals surface area (Å²) in [6.45, 7) is 2.18. The minimum Gasteiger partial charge on any atom is -0.329 e. The van der Waals surface area contributed by atoms with E-state index in [2.05, 4.69) is 33.9 Å². The topological polar surface area (TPSA) is 46.3 Å². The molecule has 1 saturated carbocycles. The summed E-state index contributed by atoms with van der Waals surface area (Å²) < 4.78 is 15.7. The fraction of sp³-hybridized carbons (Fsp3) is 0.227. The van der Waals surface area contributed by atoms with E-state index < -0.39 is 0 Å². The third kappa shape index (κ3) is 3.18. The van der Waals surface area contributed by atoms with E-state index in [0.717, 1.165) is 24.1 Å². The number of hydrogen-bond acceptors (Lipinski definition) is 4. The largest absolute Gasteiger partial charge is 0.329 e. The Morgan fingerprint density at radius 3 is 2.79 bits per heavy atom. The molecule has 0 aliphatic heterocycles. The van der Waals surface area contributed by atoms with E-state index in [1.807, 2.05) is 36.2 Å². The number of rotatable bonds is 2. The van der Waals surface area contributed by atoms with Gasteiger partial charge in [-0.05, 0) is 67.8 Å². The van der Waals surface area contributed by atoms with Gasteiger partial charge >= 0.3 is 0 Å². The molecule has 0 atom stereocenters. The summed E-state index contributed by atoms with van der Waals surface area (Å²) in [7, 11) is 1.88. The van der Waals surface area contributed by atoms with Gasteiger partial charge in [-0.1, -0.05) is 17.9 Å². The minimum atomic E-state index is -0.352. The number of fused-ring (bicyclic) bond motifs is 3. The molecule has 0 saturated heterocycles. The Morgan fingerprint density at radius 2 is 2.00 bits per heavy atom. The molecule has 0 N–H and O–H groups in total. The molecule has 0 bridgehead atoms. The normalized spacial score (nSPS) is 14.6. The highest BCUT2D eigenvalue weighted by Gasteiger charge is 2.35. The number of nitrogens with zero attached hydrogens (tertiary/aromatic N) is 5. The second-order valence-electron chi connectivity index (χ2n) is 7.62. The van der Waals surface area contributed by atoms with Crippen LogP contribution in [-0.2, 0) is 0 Å². The molecule has 2 aromatic carbocycles. The van der Waals surface area contributed by atoms with Gasteiger partial charge < -0.3 is 4.90 Å². The zero-order valence-electron chi connectivity index (χ0n) is 15.9. The molecule has 1 aliphatic rings. The second kappa shape index (κ2) is 6.43. The lowest BCUT2D eigenvalue weighted by Gasteiger charge is -2.21. The zero-order valence-corrected chi connectivity index (χ0v) is 16.7. The molecule has 29 heavy (non-hydrogen) atoms. The van der Waals surface area contributed by atoms with Gasteiger partial charge in [0.25, 0.3) is 5.78 Å². The van der Waals surface area contributed by atoms with Gasteiger partial charge in [-0.25, -0.2) is 8.79 Å². The van der Waals surface area contributed by atoms with Crippen LogP contribution in [0.1, 0.15) is 25.3 Å². The number of anilines is 2. The van der Waals surface area contributed by atoms with Gasteiger partial charge in [-0.2, -0.15) is 4.98 Å². The molecular weight excluding hydrogens is 389 g/mol. The molecule has 0 radical (unpaired) electrons. The summed E-state index contributed by atoms with van der Waals surface area (Å²) in [5.41, 5.74) is 2.68. The zero-order chi connectivity index (χ0) is 20.2. The maximum Gasteiger partial charge on any atom is 0.258 e. The highest BCUT2D eigenvalue weighted by molar-refractivity contribution is 6.29. The third-order valence-electron chi connectivity index (χ3n) is 5.31. The van der Waals surface area contributed by atoms with Crippen molar-refractivity contribution in [2.24, 2.45) is 5.41 Å². The van der Waals surface area contributed by atoms with Crippen LogP contribution in [0.15, 0.2) is 42.5 Å². The lowest BCUT2D eigenvalue weighted by atomic mass is 10.1. The molecule has 144 valence electrons. The Hall–Kier alpha value is -3.17. The molecule has 7 heteroatoms. The average Bonchev–Trinajstić information content (AvgIpc) is 3.35. The van der Waals surface area contributed by atoms with Crippen LogP contribution in [0.3, 0.4) is 0 Å². The van der Waals surface area contributed by atoms with Crippen LogP contribution < -0.4 is 4.90 Å². The average molecular weight is 406 g/mol. The quantitative estimate of drug-likeness (QED) is 0.441. The van der Waals surface area contributed by atoms with Gasteiger partial charge in [0, 0.05) is 29.1 Å². The van der Waals surface area contributed by atoms with Gasteiger partial charge in [0.1, 0.15) is 11.6 Å². The van der Waals surface area contributed by atoms with Gasteiger partial charge in [-0.3, -0.25) is 0 Å². The third-order valence-corrected chi connectivity index (χ3v) is 5.56. The molecule has 0 amide bonds. The molecule has 0 unspecified atom stereocenters. The highest BCUT2D eigenvalue weighted by atomic mass is 35.5. The lowest BCUT2D eigenvalue weighted by Crippen LogP contribution is -2.13. The molecule has 4 aromatic rings. The van der Waals surface area contributed by atoms with Crippen LogP contribution in [-0.4, -0.2) is 26.6 Å². The van der Waals surface area contributed by atoms with E-state index >= 15 is 0 Å². The van der Waals surface area contributed by atoms with Crippen LogP contribution in [0.4, 0.5) is 15.9 Å². The summed E-state index contributed by atoms with van der Waals surface area (Å²) in [5, 5.41) is 8.73. The van der Waals surface area contributed by atoms with Crippen molar-refractivity contribution in [1.29, 1.82) is 0 Å². The monoisotopic (exact) mass is 405 g/mol. The highest BCUT2D eigenvalue weighted by Crippen LogP contribution is 2.44. The first-order valence-corrected chi connectivity index (χ1v) is 9.68. The summed E-state index contributed by atoms with van der Waals surface area (Å²) in [6, 6.07) is 12.4. The predicted octanol–water partition coefficient (Wildman–Crippen LogP) is 4.99. The van der Waals surface area contributed by atoms with E-state index in [1.165, 1.54) is 12.1 Å². The molecule has 0 spiro atoms.